The molecule has 3 aromatic rings. The average molecular weight is 246 g/mol. The zero-order valence-corrected chi connectivity index (χ0v) is 9.55. The first kappa shape index (κ1) is 9.97. The third-order valence-electron chi connectivity index (χ3n) is 2.13. The summed E-state index contributed by atoms with van der Waals surface area (Å²) in [6.07, 6.45) is 4.73. The highest BCUT2D eigenvalue weighted by Crippen LogP contribution is 2.20. The van der Waals surface area contributed by atoms with Gasteiger partial charge in [0.25, 0.3) is 5.56 Å². The lowest BCUT2D eigenvalue weighted by atomic mass is 10.5. The Kier molecular flexibility index (Phi) is 2.15. The van der Waals surface area contributed by atoms with Crippen LogP contribution in [0.2, 0.25) is 0 Å². The van der Waals surface area contributed by atoms with E-state index in [1.807, 2.05) is 0 Å². The van der Waals surface area contributed by atoms with Crippen LogP contribution in [0.3, 0.4) is 0 Å². The van der Waals surface area contributed by atoms with Crippen molar-refractivity contribution in [3.63, 3.8) is 0 Å². The Hall–Kier alpha value is -2.22. The van der Waals surface area contributed by atoms with Crippen LogP contribution in [-0.2, 0) is 0 Å². The fourth-order valence-corrected chi connectivity index (χ4v) is 2.10. The van der Waals surface area contributed by atoms with Crippen molar-refractivity contribution in [2.45, 2.75) is 6.92 Å². The monoisotopic (exact) mass is 246 g/mol. The molecule has 0 aromatic carbocycles. The SMILES string of the molecule is Cc1nnc2sc(-c3cnccn3)nn2c1=O. The molecular weight excluding hydrogens is 240 g/mol. The van der Waals surface area contributed by atoms with Crippen LogP contribution in [0, 0.1) is 6.92 Å². The van der Waals surface area contributed by atoms with Crippen LogP contribution in [0.1, 0.15) is 5.69 Å². The first-order valence-corrected chi connectivity index (χ1v) is 5.57. The van der Waals surface area contributed by atoms with E-state index in [4.69, 9.17) is 0 Å². The topological polar surface area (TPSA) is 85.9 Å². The molecule has 0 aliphatic carbocycles. The molecule has 0 bridgehead atoms. The van der Waals surface area contributed by atoms with Gasteiger partial charge >= 0.3 is 0 Å². The fraction of sp³-hybridized carbons (Fsp3) is 0.111. The molecule has 0 radical (unpaired) electrons. The molecule has 0 unspecified atom stereocenters. The van der Waals surface area contributed by atoms with Crippen LogP contribution < -0.4 is 5.56 Å². The van der Waals surface area contributed by atoms with Crippen LogP contribution >= 0.6 is 11.3 Å². The van der Waals surface area contributed by atoms with E-state index in [9.17, 15) is 4.79 Å². The van der Waals surface area contributed by atoms with Gasteiger partial charge in [0, 0.05) is 12.4 Å². The molecule has 84 valence electrons. The van der Waals surface area contributed by atoms with Crippen LogP contribution in [0.25, 0.3) is 15.7 Å². The van der Waals surface area contributed by atoms with Gasteiger partial charge in [-0.3, -0.25) is 14.8 Å². The van der Waals surface area contributed by atoms with E-state index in [1.54, 1.807) is 25.5 Å². The molecule has 3 heterocycles. The summed E-state index contributed by atoms with van der Waals surface area (Å²) in [5, 5.41) is 12.4. The number of aromatic nitrogens is 6. The second-order valence-corrected chi connectivity index (χ2v) is 4.24. The first-order valence-electron chi connectivity index (χ1n) is 4.75. The predicted molar refractivity (Wildman–Crippen MR) is 60.7 cm³/mol. The van der Waals surface area contributed by atoms with Crippen LogP contribution in [0.5, 0.6) is 0 Å². The van der Waals surface area contributed by atoms with Crippen molar-refractivity contribution < 1.29 is 0 Å². The lowest BCUT2D eigenvalue weighted by Gasteiger charge is -1.90. The van der Waals surface area contributed by atoms with Crippen LogP contribution in [-0.4, -0.2) is 29.8 Å². The van der Waals surface area contributed by atoms with Gasteiger partial charge in [0.2, 0.25) is 4.96 Å². The lowest BCUT2D eigenvalue weighted by molar-refractivity contribution is 0.828. The van der Waals surface area contributed by atoms with Crippen LogP contribution in [0.15, 0.2) is 23.4 Å². The van der Waals surface area contributed by atoms with E-state index in [0.29, 0.717) is 21.4 Å². The second-order valence-electron chi connectivity index (χ2n) is 3.28. The summed E-state index contributed by atoms with van der Waals surface area (Å²) in [6.45, 7) is 1.60. The van der Waals surface area contributed by atoms with E-state index < -0.39 is 0 Å². The molecule has 8 heteroatoms. The molecular formula is C9H6N6OS. The number of fused-ring (bicyclic) bond motifs is 1. The molecule has 0 aliphatic heterocycles. The standard InChI is InChI=1S/C9H6N6OS/c1-5-8(16)15-9(13-12-5)17-7(14-15)6-4-10-2-3-11-6/h2-4H,1H3. The summed E-state index contributed by atoms with van der Waals surface area (Å²) in [6, 6.07) is 0. The van der Waals surface area contributed by atoms with Crippen molar-refractivity contribution in [3.8, 4) is 10.7 Å². The molecule has 0 spiro atoms. The Bertz CT molecular complexity index is 734. The van der Waals surface area contributed by atoms with Gasteiger partial charge in [-0.05, 0) is 6.92 Å². The van der Waals surface area contributed by atoms with Gasteiger partial charge in [-0.15, -0.1) is 15.3 Å². The van der Waals surface area contributed by atoms with Crippen LogP contribution in [0.4, 0.5) is 0 Å². The first-order chi connectivity index (χ1) is 8.25. The maximum atomic E-state index is 11.7. The molecule has 17 heavy (non-hydrogen) atoms. The Morgan fingerprint density at radius 2 is 2.18 bits per heavy atom. The van der Waals surface area contributed by atoms with Crippen molar-refractivity contribution in [3.05, 3.63) is 34.6 Å². The smallest absolute Gasteiger partial charge is 0.265 e. The van der Waals surface area contributed by atoms with Crippen molar-refractivity contribution in [2.24, 2.45) is 0 Å². The fourth-order valence-electron chi connectivity index (χ4n) is 1.31. The molecule has 0 saturated heterocycles. The molecule has 0 N–H and O–H groups in total. The van der Waals surface area contributed by atoms with Crippen molar-refractivity contribution in [1.29, 1.82) is 0 Å². The number of rotatable bonds is 1. The molecule has 0 fully saturated rings. The van der Waals surface area contributed by atoms with Gasteiger partial charge in [0.15, 0.2) is 5.01 Å². The highest BCUT2D eigenvalue weighted by molar-refractivity contribution is 7.19. The minimum atomic E-state index is -0.263. The van der Waals surface area contributed by atoms with Gasteiger partial charge < -0.3 is 0 Å². The lowest BCUT2D eigenvalue weighted by Crippen LogP contribution is -2.19. The van der Waals surface area contributed by atoms with Crippen molar-refractivity contribution in [1.82, 2.24) is 29.8 Å². The Morgan fingerprint density at radius 1 is 1.29 bits per heavy atom. The zero-order chi connectivity index (χ0) is 11.8. The third-order valence-corrected chi connectivity index (χ3v) is 3.05. The van der Waals surface area contributed by atoms with Gasteiger partial charge in [-0.1, -0.05) is 11.3 Å². The minimum absolute atomic E-state index is 0.263. The molecule has 0 saturated carbocycles. The largest absolute Gasteiger partial charge is 0.296 e. The van der Waals surface area contributed by atoms with Gasteiger partial charge in [-0.2, -0.15) is 4.52 Å². The van der Waals surface area contributed by atoms with E-state index in [-0.39, 0.29) is 5.56 Å². The molecule has 0 amide bonds. The zero-order valence-electron chi connectivity index (χ0n) is 8.73. The number of hydrogen-bond donors (Lipinski definition) is 0. The van der Waals surface area contributed by atoms with E-state index >= 15 is 0 Å². The van der Waals surface area contributed by atoms with Crippen molar-refractivity contribution >= 4 is 16.3 Å². The predicted octanol–water partition coefficient (Wildman–Crippen LogP) is 0.311. The van der Waals surface area contributed by atoms with Gasteiger partial charge in [0.05, 0.1) is 6.20 Å². The van der Waals surface area contributed by atoms with Crippen molar-refractivity contribution in [2.75, 3.05) is 0 Å². The number of aryl methyl sites for hydroxylation is 1. The quantitative estimate of drug-likeness (QED) is 0.614. The summed E-state index contributed by atoms with van der Waals surface area (Å²) in [7, 11) is 0. The summed E-state index contributed by atoms with van der Waals surface area (Å²) in [4.78, 5) is 20.3. The Balaban J connectivity index is 2.28. The molecule has 3 aromatic heterocycles. The van der Waals surface area contributed by atoms with E-state index in [2.05, 4.69) is 25.3 Å². The molecule has 3 rings (SSSR count). The highest BCUT2D eigenvalue weighted by atomic mass is 32.1. The summed E-state index contributed by atoms with van der Waals surface area (Å²) >= 11 is 1.25. The number of hydrogen-bond acceptors (Lipinski definition) is 7. The normalized spacial score (nSPS) is 10.9. The third kappa shape index (κ3) is 1.58. The Morgan fingerprint density at radius 3 is 2.94 bits per heavy atom. The van der Waals surface area contributed by atoms with E-state index in [0.717, 1.165) is 0 Å². The summed E-state index contributed by atoms with van der Waals surface area (Å²) in [5.74, 6) is 0. The summed E-state index contributed by atoms with van der Waals surface area (Å²) < 4.78 is 1.23. The molecule has 0 atom stereocenters. The summed E-state index contributed by atoms with van der Waals surface area (Å²) in [5.41, 5.74) is 0.667. The second kappa shape index (κ2) is 3.67. The van der Waals surface area contributed by atoms with Gasteiger partial charge in [0.1, 0.15) is 11.4 Å². The molecule has 7 nitrogen and oxygen atoms in total. The maximum absolute atomic E-state index is 11.7. The van der Waals surface area contributed by atoms with Gasteiger partial charge in [-0.25, -0.2) is 0 Å². The number of nitrogens with zero attached hydrogens (tertiary/aromatic N) is 6. The minimum Gasteiger partial charge on any atom is -0.265 e. The maximum Gasteiger partial charge on any atom is 0.296 e. The molecule has 0 aliphatic rings. The Labute approximate surface area is 98.8 Å². The highest BCUT2D eigenvalue weighted by Gasteiger charge is 2.11. The average Bonchev–Trinajstić information content (AvgIpc) is 2.80. The van der Waals surface area contributed by atoms with E-state index in [1.165, 1.54) is 15.9 Å².